The molecule has 0 bridgehead atoms. The molecule has 0 unspecified atom stereocenters. The average Bonchev–Trinajstić information content (AvgIpc) is 2.28. The Kier molecular flexibility index (Phi) is 6.07. The number of methoxy groups -OCH3 is 1. The maximum absolute atomic E-state index is 11.3. The van der Waals surface area contributed by atoms with Gasteiger partial charge >= 0.3 is 5.69 Å². The molecule has 0 aliphatic carbocycles. The molecule has 0 saturated carbocycles. The fraction of sp³-hybridized carbons (Fsp3) is 0.600. The van der Waals surface area contributed by atoms with Gasteiger partial charge in [-0.05, 0) is 13.0 Å². The number of hydrogen-bond donors (Lipinski definition) is 1. The quantitative estimate of drug-likeness (QED) is 0.712. The minimum atomic E-state index is -0.263. The maximum atomic E-state index is 11.3. The van der Waals surface area contributed by atoms with E-state index in [0.29, 0.717) is 18.2 Å². The molecule has 0 aliphatic heterocycles. The van der Waals surface area contributed by atoms with E-state index >= 15 is 0 Å². The van der Waals surface area contributed by atoms with Crippen LogP contribution in [-0.2, 0) is 11.3 Å². The van der Waals surface area contributed by atoms with Crippen LogP contribution in [0.25, 0.3) is 0 Å². The second-order valence-corrected chi connectivity index (χ2v) is 3.78. The SMILES string of the molecule is COCCNCCCn1cc(Cl)cnc1=O. The number of nitrogens with one attached hydrogen (secondary N) is 1. The highest BCUT2D eigenvalue weighted by Crippen LogP contribution is 2.01. The molecule has 5 nitrogen and oxygen atoms in total. The summed E-state index contributed by atoms with van der Waals surface area (Å²) in [7, 11) is 1.67. The molecule has 1 rings (SSSR count). The van der Waals surface area contributed by atoms with E-state index in [0.717, 1.165) is 19.5 Å². The van der Waals surface area contributed by atoms with Crippen molar-refractivity contribution >= 4 is 11.6 Å². The van der Waals surface area contributed by atoms with Gasteiger partial charge in [-0.3, -0.25) is 4.57 Å². The van der Waals surface area contributed by atoms with Gasteiger partial charge in [0.15, 0.2) is 0 Å². The Morgan fingerprint density at radius 2 is 2.38 bits per heavy atom. The van der Waals surface area contributed by atoms with E-state index in [9.17, 15) is 4.79 Å². The zero-order valence-electron chi connectivity index (χ0n) is 9.28. The second-order valence-electron chi connectivity index (χ2n) is 3.34. The molecule has 0 fully saturated rings. The highest BCUT2D eigenvalue weighted by Gasteiger charge is 1.97. The molecule has 0 aromatic carbocycles. The monoisotopic (exact) mass is 245 g/mol. The molecule has 0 saturated heterocycles. The van der Waals surface area contributed by atoms with Crippen LogP contribution < -0.4 is 11.0 Å². The summed E-state index contributed by atoms with van der Waals surface area (Å²) < 4.78 is 6.41. The highest BCUT2D eigenvalue weighted by atomic mass is 35.5. The van der Waals surface area contributed by atoms with Gasteiger partial charge in [0.05, 0.1) is 17.8 Å². The van der Waals surface area contributed by atoms with E-state index in [2.05, 4.69) is 10.3 Å². The third-order valence-electron chi connectivity index (χ3n) is 2.06. The summed E-state index contributed by atoms with van der Waals surface area (Å²) >= 11 is 5.74. The summed E-state index contributed by atoms with van der Waals surface area (Å²) in [6.45, 7) is 2.96. The largest absolute Gasteiger partial charge is 0.383 e. The zero-order chi connectivity index (χ0) is 11.8. The number of halogens is 1. The van der Waals surface area contributed by atoms with E-state index in [4.69, 9.17) is 16.3 Å². The zero-order valence-corrected chi connectivity index (χ0v) is 10.0. The van der Waals surface area contributed by atoms with Crippen molar-refractivity contribution in [3.8, 4) is 0 Å². The van der Waals surface area contributed by atoms with Gasteiger partial charge in [0, 0.05) is 26.4 Å². The molecule has 1 aromatic heterocycles. The predicted molar refractivity (Wildman–Crippen MR) is 62.9 cm³/mol. The summed E-state index contributed by atoms with van der Waals surface area (Å²) in [5.41, 5.74) is -0.263. The minimum Gasteiger partial charge on any atom is -0.383 e. The van der Waals surface area contributed by atoms with E-state index in [1.165, 1.54) is 10.8 Å². The molecule has 0 spiro atoms. The van der Waals surface area contributed by atoms with Crippen LogP contribution in [0.15, 0.2) is 17.2 Å². The van der Waals surface area contributed by atoms with E-state index in [1.54, 1.807) is 13.3 Å². The fourth-order valence-electron chi connectivity index (χ4n) is 1.26. The molecular weight excluding hydrogens is 230 g/mol. The van der Waals surface area contributed by atoms with Gasteiger partial charge < -0.3 is 10.1 Å². The standard InChI is InChI=1S/C10H16ClN3O2/c1-16-6-4-12-3-2-5-14-8-9(11)7-13-10(14)15/h7-8,12H,2-6H2,1H3. The number of aryl methyl sites for hydroxylation is 1. The summed E-state index contributed by atoms with van der Waals surface area (Å²) in [6.07, 6.45) is 3.81. The van der Waals surface area contributed by atoms with Crippen LogP contribution in [0.5, 0.6) is 0 Å². The van der Waals surface area contributed by atoms with Gasteiger partial charge in [0.2, 0.25) is 0 Å². The van der Waals surface area contributed by atoms with Crippen LogP contribution in [0, 0.1) is 0 Å². The molecule has 0 atom stereocenters. The molecule has 1 aromatic rings. The van der Waals surface area contributed by atoms with Crippen molar-refractivity contribution in [1.29, 1.82) is 0 Å². The van der Waals surface area contributed by atoms with Gasteiger partial charge in [-0.15, -0.1) is 0 Å². The van der Waals surface area contributed by atoms with Crippen LogP contribution >= 0.6 is 11.6 Å². The molecule has 0 amide bonds. The Hall–Kier alpha value is -0.910. The van der Waals surface area contributed by atoms with Crippen LogP contribution in [0.2, 0.25) is 5.02 Å². The first kappa shape index (κ1) is 13.2. The first-order valence-corrected chi connectivity index (χ1v) is 5.53. The minimum absolute atomic E-state index is 0.263. The van der Waals surface area contributed by atoms with Crippen molar-refractivity contribution in [2.45, 2.75) is 13.0 Å². The van der Waals surface area contributed by atoms with Crippen LogP contribution in [0.4, 0.5) is 0 Å². The van der Waals surface area contributed by atoms with Gasteiger partial charge in [0.25, 0.3) is 0 Å². The van der Waals surface area contributed by atoms with Crippen molar-refractivity contribution in [2.24, 2.45) is 0 Å². The van der Waals surface area contributed by atoms with Crippen molar-refractivity contribution in [3.63, 3.8) is 0 Å². The number of rotatable bonds is 7. The van der Waals surface area contributed by atoms with E-state index in [-0.39, 0.29) is 5.69 Å². The third kappa shape index (κ3) is 4.74. The lowest BCUT2D eigenvalue weighted by molar-refractivity contribution is 0.199. The topological polar surface area (TPSA) is 56.1 Å². The number of nitrogens with zero attached hydrogens (tertiary/aromatic N) is 2. The Balaban J connectivity index is 2.26. The molecule has 1 N–H and O–H groups in total. The van der Waals surface area contributed by atoms with Crippen molar-refractivity contribution in [3.05, 3.63) is 27.9 Å². The van der Waals surface area contributed by atoms with Gasteiger partial charge in [-0.25, -0.2) is 9.78 Å². The first-order chi connectivity index (χ1) is 7.74. The molecule has 0 aliphatic rings. The maximum Gasteiger partial charge on any atom is 0.347 e. The summed E-state index contributed by atoms with van der Waals surface area (Å²) in [4.78, 5) is 14.9. The number of ether oxygens (including phenoxy) is 1. The van der Waals surface area contributed by atoms with Gasteiger partial charge in [0.1, 0.15) is 0 Å². The Morgan fingerprint density at radius 1 is 1.56 bits per heavy atom. The summed E-state index contributed by atoms with van der Waals surface area (Å²) in [6, 6.07) is 0. The third-order valence-corrected chi connectivity index (χ3v) is 2.25. The van der Waals surface area contributed by atoms with Gasteiger partial charge in [-0.2, -0.15) is 0 Å². The van der Waals surface area contributed by atoms with Gasteiger partial charge in [-0.1, -0.05) is 11.6 Å². The lowest BCUT2D eigenvalue weighted by Crippen LogP contribution is -2.25. The van der Waals surface area contributed by atoms with Crippen molar-refractivity contribution in [1.82, 2.24) is 14.9 Å². The highest BCUT2D eigenvalue weighted by molar-refractivity contribution is 6.30. The number of hydrogen-bond acceptors (Lipinski definition) is 4. The predicted octanol–water partition coefficient (Wildman–Crippen LogP) is 0.523. The Labute approximate surface area is 99.4 Å². The number of aromatic nitrogens is 2. The molecule has 90 valence electrons. The second kappa shape index (κ2) is 7.38. The summed E-state index contributed by atoms with van der Waals surface area (Å²) in [5.74, 6) is 0. The van der Waals surface area contributed by atoms with E-state index in [1.807, 2.05) is 0 Å². The van der Waals surface area contributed by atoms with Crippen LogP contribution in [0.3, 0.4) is 0 Å². The fourth-order valence-corrected chi connectivity index (χ4v) is 1.43. The molecule has 1 heterocycles. The van der Waals surface area contributed by atoms with Crippen LogP contribution in [-0.4, -0.2) is 36.4 Å². The van der Waals surface area contributed by atoms with Crippen molar-refractivity contribution in [2.75, 3.05) is 26.8 Å². The van der Waals surface area contributed by atoms with Crippen LogP contribution in [0.1, 0.15) is 6.42 Å². The summed E-state index contributed by atoms with van der Waals surface area (Å²) in [5, 5.41) is 3.68. The lowest BCUT2D eigenvalue weighted by Gasteiger charge is -2.06. The Morgan fingerprint density at radius 3 is 3.12 bits per heavy atom. The average molecular weight is 246 g/mol. The molecule has 0 radical (unpaired) electrons. The molecule has 16 heavy (non-hydrogen) atoms. The van der Waals surface area contributed by atoms with E-state index < -0.39 is 0 Å². The normalized spacial score (nSPS) is 10.6. The smallest absolute Gasteiger partial charge is 0.347 e. The lowest BCUT2D eigenvalue weighted by atomic mass is 10.4. The first-order valence-electron chi connectivity index (χ1n) is 5.15. The Bertz CT molecular complexity index is 367. The molecule has 6 heteroatoms. The van der Waals surface area contributed by atoms with Crippen molar-refractivity contribution < 1.29 is 4.74 Å². The molecular formula is C10H16ClN3O2.